The van der Waals surface area contributed by atoms with E-state index in [2.05, 4.69) is 0 Å². The third-order valence-electron chi connectivity index (χ3n) is 3.03. The zero-order valence-corrected chi connectivity index (χ0v) is 8.17. The molecule has 2 saturated heterocycles. The topological polar surface area (TPSA) is 83.9 Å². The summed E-state index contributed by atoms with van der Waals surface area (Å²) in [6.45, 7) is 0.264. The summed E-state index contributed by atoms with van der Waals surface area (Å²) in [5.74, 6) is -2.63. The Bertz CT molecular complexity index is 344. The monoisotopic (exact) mass is 211 g/mol. The fourth-order valence-corrected chi connectivity index (χ4v) is 2.29. The van der Waals surface area contributed by atoms with Gasteiger partial charge in [0.05, 0.1) is 12.5 Å². The molecule has 0 unspecified atom stereocenters. The second-order valence-electron chi connectivity index (χ2n) is 3.85. The number of aliphatic carboxylic acids is 1. The van der Waals surface area contributed by atoms with Crippen molar-refractivity contribution in [1.82, 2.24) is 4.90 Å². The Hall–Kier alpha value is -1.53. The maximum absolute atomic E-state index is 11.2. The molecule has 2 aliphatic rings. The number of likely N-dealkylation sites (tertiary alicyclic amines) is 1. The molecule has 0 aromatic rings. The maximum atomic E-state index is 11.2. The number of fused-ring (bicyclic) bond motifs is 1. The highest BCUT2D eigenvalue weighted by atomic mass is 16.5. The van der Waals surface area contributed by atoms with Crippen LogP contribution in [0.1, 0.15) is 0 Å². The molecule has 1 amide bonds. The average Bonchev–Trinajstić information content (AvgIpc) is 2.65. The van der Waals surface area contributed by atoms with Crippen LogP contribution in [-0.2, 0) is 14.3 Å². The molecule has 6 nitrogen and oxygen atoms in total. The first-order valence-electron chi connectivity index (χ1n) is 4.69. The van der Waals surface area contributed by atoms with Crippen LogP contribution in [0.25, 0.3) is 0 Å². The fourth-order valence-electron chi connectivity index (χ4n) is 2.29. The standard InChI is InChI=1S/C8H10BNO5/c9-8(14)10-1-3-4(2-15-7(3)13)5(10)6(11)12/h3-5H,1-2,9H2,(H,11,12)/t3-,4-,5-/m0/s1. The first-order chi connectivity index (χ1) is 7.02. The number of cyclic esters (lactones) is 1. The van der Waals surface area contributed by atoms with E-state index in [1.165, 1.54) is 12.7 Å². The Labute approximate surface area is 86.6 Å². The Balaban J connectivity index is 2.28. The number of amides is 1. The molecule has 2 rings (SSSR count). The number of hydrogen-bond acceptors (Lipinski definition) is 4. The SMILES string of the molecule is BC(=O)N1C[C@@H]2C(=O)OC[C@@H]2[C@H]1C(=O)O. The molecule has 3 atom stereocenters. The summed E-state index contributed by atoms with van der Waals surface area (Å²) in [6, 6.07) is -0.918. The zero-order valence-electron chi connectivity index (χ0n) is 8.17. The van der Waals surface area contributed by atoms with E-state index in [0.29, 0.717) is 0 Å². The van der Waals surface area contributed by atoms with Crippen LogP contribution in [-0.4, -0.2) is 54.8 Å². The summed E-state index contributed by atoms with van der Waals surface area (Å²) in [6.07, 6.45) is 0. The van der Waals surface area contributed by atoms with Crippen molar-refractivity contribution < 1.29 is 24.2 Å². The summed E-state index contributed by atoms with van der Waals surface area (Å²) in [4.78, 5) is 34.7. The van der Waals surface area contributed by atoms with Gasteiger partial charge in [0.15, 0.2) is 5.81 Å². The van der Waals surface area contributed by atoms with Crippen molar-refractivity contribution in [2.24, 2.45) is 11.8 Å². The molecule has 0 aromatic carbocycles. The molecule has 2 heterocycles. The number of esters is 1. The van der Waals surface area contributed by atoms with Crippen LogP contribution in [0.4, 0.5) is 4.79 Å². The highest BCUT2D eigenvalue weighted by Crippen LogP contribution is 2.35. The maximum Gasteiger partial charge on any atom is 0.326 e. The summed E-state index contributed by atoms with van der Waals surface area (Å²) in [7, 11) is 1.31. The Kier molecular flexibility index (Phi) is 2.17. The third kappa shape index (κ3) is 1.38. The molecule has 1 N–H and O–H groups in total. The molecule has 0 bridgehead atoms. The summed E-state index contributed by atoms with van der Waals surface area (Å²) in [5.41, 5.74) is 0. The van der Waals surface area contributed by atoms with Gasteiger partial charge in [-0.05, 0) is 0 Å². The van der Waals surface area contributed by atoms with Gasteiger partial charge in [0.1, 0.15) is 6.04 Å². The number of carboxylic acid groups (broad SMARTS) is 1. The minimum absolute atomic E-state index is 0.101. The van der Waals surface area contributed by atoms with Crippen molar-refractivity contribution in [3.63, 3.8) is 0 Å². The number of carbonyl (C=O) groups is 3. The van der Waals surface area contributed by atoms with Gasteiger partial charge >= 0.3 is 11.9 Å². The average molecular weight is 211 g/mol. The first kappa shape index (κ1) is 10.0. The number of rotatable bonds is 1. The van der Waals surface area contributed by atoms with Crippen LogP contribution in [0.3, 0.4) is 0 Å². The quantitative estimate of drug-likeness (QED) is 0.412. The van der Waals surface area contributed by atoms with E-state index in [0.717, 1.165) is 0 Å². The van der Waals surface area contributed by atoms with Gasteiger partial charge in [0, 0.05) is 12.5 Å². The van der Waals surface area contributed by atoms with Gasteiger partial charge in [-0.25, -0.2) is 4.79 Å². The predicted molar refractivity (Wildman–Crippen MR) is 50.0 cm³/mol. The molecule has 0 aliphatic carbocycles. The molecular weight excluding hydrogens is 201 g/mol. The lowest BCUT2D eigenvalue weighted by atomic mass is 9.93. The van der Waals surface area contributed by atoms with Gasteiger partial charge in [-0.15, -0.1) is 0 Å². The molecule has 0 saturated carbocycles. The summed E-state index contributed by atoms with van der Waals surface area (Å²) < 4.78 is 4.79. The molecular formula is C8H10BNO5. The smallest absolute Gasteiger partial charge is 0.326 e. The van der Waals surface area contributed by atoms with Crippen molar-refractivity contribution in [2.45, 2.75) is 6.04 Å². The predicted octanol–water partition coefficient (Wildman–Crippen LogP) is -1.70. The zero-order chi connectivity index (χ0) is 11.2. The van der Waals surface area contributed by atoms with E-state index in [1.54, 1.807) is 0 Å². The highest BCUT2D eigenvalue weighted by molar-refractivity contribution is 6.57. The second-order valence-corrected chi connectivity index (χ2v) is 3.85. The van der Waals surface area contributed by atoms with Crippen LogP contribution >= 0.6 is 0 Å². The molecule has 80 valence electrons. The Morgan fingerprint density at radius 2 is 2.20 bits per heavy atom. The molecule has 0 radical (unpaired) electrons. The highest BCUT2D eigenvalue weighted by Gasteiger charge is 2.54. The number of nitrogens with zero attached hydrogens (tertiary/aromatic N) is 1. The number of carboxylic acids is 1. The summed E-state index contributed by atoms with van der Waals surface area (Å²) in [5, 5.41) is 9.01. The molecule has 0 aromatic heterocycles. The van der Waals surface area contributed by atoms with Crippen molar-refractivity contribution in [1.29, 1.82) is 0 Å². The molecule has 15 heavy (non-hydrogen) atoms. The lowest BCUT2D eigenvalue weighted by Gasteiger charge is -2.22. The summed E-state index contributed by atoms with van der Waals surface area (Å²) >= 11 is 0. The van der Waals surface area contributed by atoms with Crippen molar-refractivity contribution in [3.8, 4) is 0 Å². The van der Waals surface area contributed by atoms with Crippen molar-refractivity contribution >= 4 is 25.6 Å². The number of ether oxygens (including phenoxy) is 1. The van der Waals surface area contributed by atoms with E-state index in [4.69, 9.17) is 9.84 Å². The van der Waals surface area contributed by atoms with Crippen LogP contribution in [0.2, 0.25) is 0 Å². The van der Waals surface area contributed by atoms with Crippen LogP contribution in [0.5, 0.6) is 0 Å². The van der Waals surface area contributed by atoms with Gasteiger partial charge in [0.25, 0.3) is 0 Å². The number of carbonyl (C=O) groups excluding carboxylic acids is 2. The van der Waals surface area contributed by atoms with Crippen molar-refractivity contribution in [3.05, 3.63) is 0 Å². The van der Waals surface area contributed by atoms with Crippen LogP contribution < -0.4 is 0 Å². The minimum Gasteiger partial charge on any atom is -0.480 e. The van der Waals surface area contributed by atoms with Gasteiger partial charge < -0.3 is 14.7 Å². The van der Waals surface area contributed by atoms with Crippen LogP contribution in [0, 0.1) is 11.8 Å². The van der Waals surface area contributed by atoms with Gasteiger partial charge in [-0.1, -0.05) is 0 Å². The van der Waals surface area contributed by atoms with E-state index in [-0.39, 0.29) is 24.9 Å². The van der Waals surface area contributed by atoms with E-state index in [9.17, 15) is 14.4 Å². The Morgan fingerprint density at radius 3 is 2.73 bits per heavy atom. The van der Waals surface area contributed by atoms with E-state index in [1.807, 2.05) is 0 Å². The molecule has 7 heteroatoms. The van der Waals surface area contributed by atoms with E-state index < -0.39 is 23.9 Å². The van der Waals surface area contributed by atoms with E-state index >= 15 is 0 Å². The minimum atomic E-state index is -1.07. The van der Waals surface area contributed by atoms with Crippen molar-refractivity contribution in [2.75, 3.05) is 13.2 Å². The largest absolute Gasteiger partial charge is 0.480 e. The molecule has 2 fully saturated rings. The lowest BCUT2D eigenvalue weighted by Crippen LogP contribution is -2.43. The fraction of sp³-hybridized carbons (Fsp3) is 0.625. The van der Waals surface area contributed by atoms with Gasteiger partial charge in [-0.3, -0.25) is 9.59 Å². The normalized spacial score (nSPS) is 33.7. The van der Waals surface area contributed by atoms with Gasteiger partial charge in [-0.2, -0.15) is 0 Å². The first-order valence-corrected chi connectivity index (χ1v) is 4.69. The van der Waals surface area contributed by atoms with Gasteiger partial charge in [0.2, 0.25) is 7.85 Å². The Morgan fingerprint density at radius 1 is 1.53 bits per heavy atom. The molecule has 0 spiro atoms. The molecule has 2 aliphatic heterocycles. The third-order valence-corrected chi connectivity index (χ3v) is 3.03. The van der Waals surface area contributed by atoms with Crippen LogP contribution in [0.15, 0.2) is 0 Å². The lowest BCUT2D eigenvalue weighted by molar-refractivity contribution is -0.144. The second kappa shape index (κ2) is 3.25. The number of hydrogen-bond donors (Lipinski definition) is 1.